The van der Waals surface area contributed by atoms with E-state index in [1.54, 1.807) is 0 Å². The highest BCUT2D eigenvalue weighted by atomic mass is 127. The van der Waals surface area contributed by atoms with Crippen LogP contribution < -0.4 is 0 Å². The topological polar surface area (TPSA) is 3.24 Å². The van der Waals surface area contributed by atoms with Crippen LogP contribution in [0.2, 0.25) is 0 Å². The van der Waals surface area contributed by atoms with Crippen molar-refractivity contribution in [1.29, 1.82) is 0 Å². The summed E-state index contributed by atoms with van der Waals surface area (Å²) >= 11 is 2.54. The molecule has 2 rings (SSSR count). The summed E-state index contributed by atoms with van der Waals surface area (Å²) in [5.74, 6) is 2.93. The molecule has 0 amide bonds. The molecule has 13 heavy (non-hydrogen) atoms. The zero-order valence-corrected chi connectivity index (χ0v) is 10.8. The predicted molar refractivity (Wildman–Crippen MR) is 64.8 cm³/mol. The second kappa shape index (κ2) is 4.05. The summed E-state index contributed by atoms with van der Waals surface area (Å²) in [6.45, 7) is 6.09. The molecule has 1 aliphatic heterocycles. The van der Waals surface area contributed by atoms with E-state index in [2.05, 4.69) is 39.8 Å². The summed E-state index contributed by atoms with van der Waals surface area (Å²) in [6, 6.07) is 0.847. The Morgan fingerprint density at radius 1 is 1.23 bits per heavy atom. The van der Waals surface area contributed by atoms with Crippen molar-refractivity contribution in [2.75, 3.05) is 6.54 Å². The Hall–Kier alpha value is 0.690. The van der Waals surface area contributed by atoms with Crippen LogP contribution in [0.15, 0.2) is 0 Å². The minimum atomic E-state index is 0.832. The first-order valence-electron chi connectivity index (χ1n) is 5.61. The van der Waals surface area contributed by atoms with Gasteiger partial charge in [0.15, 0.2) is 0 Å². The molecule has 0 radical (unpaired) electrons. The Morgan fingerprint density at radius 2 is 1.92 bits per heavy atom. The van der Waals surface area contributed by atoms with Gasteiger partial charge in [0.1, 0.15) is 0 Å². The smallest absolute Gasteiger partial charge is 0.0220 e. The van der Waals surface area contributed by atoms with Crippen molar-refractivity contribution in [2.45, 2.75) is 45.6 Å². The highest BCUT2D eigenvalue weighted by Gasteiger charge is 2.38. The maximum Gasteiger partial charge on any atom is 0.0220 e. The van der Waals surface area contributed by atoms with Crippen molar-refractivity contribution in [2.24, 2.45) is 17.8 Å². The molecule has 0 unspecified atom stereocenters. The van der Waals surface area contributed by atoms with Gasteiger partial charge in [0.2, 0.25) is 0 Å². The van der Waals surface area contributed by atoms with Gasteiger partial charge in [-0.3, -0.25) is 0 Å². The molecule has 1 saturated heterocycles. The fraction of sp³-hybridized carbons (Fsp3) is 1.00. The van der Waals surface area contributed by atoms with E-state index in [-0.39, 0.29) is 0 Å². The summed E-state index contributed by atoms with van der Waals surface area (Å²) in [5.41, 5.74) is 0. The van der Waals surface area contributed by atoms with Gasteiger partial charge < -0.3 is 0 Å². The lowest BCUT2D eigenvalue weighted by atomic mass is 9.82. The van der Waals surface area contributed by atoms with E-state index in [9.17, 15) is 0 Å². The van der Waals surface area contributed by atoms with Crippen LogP contribution in [0.25, 0.3) is 0 Å². The molecule has 0 bridgehead atoms. The third-order valence-corrected chi connectivity index (χ3v) is 5.01. The summed E-state index contributed by atoms with van der Waals surface area (Å²) in [6.07, 6.45) is 5.96. The van der Waals surface area contributed by atoms with E-state index in [0.717, 1.165) is 23.8 Å². The predicted octanol–water partition coefficient (Wildman–Crippen LogP) is 3.48. The van der Waals surface area contributed by atoms with Crippen molar-refractivity contribution < 1.29 is 0 Å². The monoisotopic (exact) mass is 293 g/mol. The summed E-state index contributed by atoms with van der Waals surface area (Å²) in [5, 5.41) is 0. The van der Waals surface area contributed by atoms with Gasteiger partial charge in [-0.2, -0.15) is 0 Å². The molecule has 0 aromatic carbocycles. The number of halogens is 1. The minimum Gasteiger partial charge on any atom is -0.244 e. The molecule has 1 heterocycles. The zero-order chi connectivity index (χ0) is 9.42. The second-order valence-electron chi connectivity index (χ2n) is 5.08. The Bertz CT molecular complexity index is 181. The number of fused-ring (bicyclic) bond motifs is 1. The lowest BCUT2D eigenvalue weighted by Crippen LogP contribution is -2.42. The van der Waals surface area contributed by atoms with Crippen LogP contribution in [-0.2, 0) is 0 Å². The van der Waals surface area contributed by atoms with Crippen LogP contribution >= 0.6 is 22.9 Å². The summed E-state index contributed by atoms with van der Waals surface area (Å²) < 4.78 is 2.58. The Labute approximate surface area is 95.8 Å². The average Bonchev–Trinajstić information content (AvgIpc) is 2.48. The van der Waals surface area contributed by atoms with Crippen LogP contribution in [-0.4, -0.2) is 15.7 Å². The molecule has 1 aliphatic carbocycles. The van der Waals surface area contributed by atoms with Crippen LogP contribution in [0, 0.1) is 17.8 Å². The van der Waals surface area contributed by atoms with Crippen molar-refractivity contribution in [3.63, 3.8) is 0 Å². The Balaban J connectivity index is 2.01. The van der Waals surface area contributed by atoms with E-state index in [4.69, 9.17) is 0 Å². The Kier molecular flexibility index (Phi) is 3.18. The van der Waals surface area contributed by atoms with Crippen molar-refractivity contribution in [3.8, 4) is 0 Å². The van der Waals surface area contributed by atoms with E-state index in [0.29, 0.717) is 0 Å². The molecule has 0 spiro atoms. The molecule has 0 aromatic heterocycles. The number of nitrogens with zero attached hydrogens (tertiary/aromatic N) is 1. The fourth-order valence-electron chi connectivity index (χ4n) is 3.04. The van der Waals surface area contributed by atoms with Gasteiger partial charge in [-0.1, -0.05) is 26.7 Å². The third kappa shape index (κ3) is 2.04. The molecule has 2 heteroatoms. The molecule has 2 aliphatic rings. The maximum atomic E-state index is 2.58. The molecule has 76 valence electrons. The largest absolute Gasteiger partial charge is 0.244 e. The van der Waals surface area contributed by atoms with E-state index < -0.39 is 0 Å². The highest BCUT2D eigenvalue weighted by Crippen LogP contribution is 2.42. The molecular weight excluding hydrogens is 273 g/mol. The summed E-state index contributed by atoms with van der Waals surface area (Å²) in [4.78, 5) is 0. The van der Waals surface area contributed by atoms with Crippen molar-refractivity contribution in [3.05, 3.63) is 0 Å². The number of hydrogen-bond donors (Lipinski definition) is 0. The maximum absolute atomic E-state index is 2.58. The van der Waals surface area contributed by atoms with Gasteiger partial charge >= 0.3 is 0 Å². The van der Waals surface area contributed by atoms with E-state index in [1.807, 2.05) is 0 Å². The van der Waals surface area contributed by atoms with Crippen LogP contribution in [0.4, 0.5) is 0 Å². The lowest BCUT2D eigenvalue weighted by Gasteiger charge is -2.40. The molecular formula is C11H20IN. The number of rotatable bonds is 1. The molecule has 1 saturated carbocycles. The molecule has 3 atom stereocenters. The molecule has 1 nitrogen and oxygen atoms in total. The first-order valence-corrected chi connectivity index (χ1v) is 6.57. The van der Waals surface area contributed by atoms with Crippen LogP contribution in [0.5, 0.6) is 0 Å². The van der Waals surface area contributed by atoms with E-state index in [1.165, 1.54) is 32.2 Å². The van der Waals surface area contributed by atoms with Crippen LogP contribution in [0.3, 0.4) is 0 Å². The highest BCUT2D eigenvalue weighted by molar-refractivity contribution is 14.1. The minimum absolute atomic E-state index is 0.832. The zero-order valence-electron chi connectivity index (χ0n) is 8.67. The average molecular weight is 293 g/mol. The SMILES string of the molecule is CC(C)[C@H]1C[C@@H]2CCC[C@@H]2CN1I. The van der Waals surface area contributed by atoms with Gasteiger partial charge in [-0.05, 0) is 30.6 Å². The van der Waals surface area contributed by atoms with Gasteiger partial charge in [0, 0.05) is 35.5 Å². The standard InChI is InChI=1S/C11H20IN/c1-8(2)11-6-9-4-3-5-10(9)7-13(11)12/h8-11H,3-7H2,1-2H3/t9-,10+,11+/m0/s1. The number of hydrogen-bond acceptors (Lipinski definition) is 1. The molecule has 2 fully saturated rings. The first kappa shape index (κ1) is 10.2. The van der Waals surface area contributed by atoms with Gasteiger partial charge in [0.25, 0.3) is 0 Å². The quantitative estimate of drug-likeness (QED) is 0.528. The van der Waals surface area contributed by atoms with Crippen molar-refractivity contribution >= 4 is 22.9 Å². The normalized spacial score (nSPS) is 41.1. The molecule has 0 aromatic rings. The molecule has 0 N–H and O–H groups in total. The van der Waals surface area contributed by atoms with Crippen LogP contribution in [0.1, 0.15) is 39.5 Å². The van der Waals surface area contributed by atoms with Gasteiger partial charge in [-0.25, -0.2) is 3.11 Å². The van der Waals surface area contributed by atoms with E-state index >= 15 is 0 Å². The summed E-state index contributed by atoms with van der Waals surface area (Å²) in [7, 11) is 0. The fourth-order valence-corrected chi connectivity index (χ4v) is 4.42. The lowest BCUT2D eigenvalue weighted by molar-refractivity contribution is 0.144. The first-order chi connectivity index (χ1) is 6.18. The Morgan fingerprint density at radius 3 is 2.62 bits per heavy atom. The third-order valence-electron chi connectivity index (χ3n) is 3.90. The van der Waals surface area contributed by atoms with Gasteiger partial charge in [-0.15, -0.1) is 0 Å². The van der Waals surface area contributed by atoms with Gasteiger partial charge in [0.05, 0.1) is 0 Å². The van der Waals surface area contributed by atoms with Crippen molar-refractivity contribution in [1.82, 2.24) is 3.11 Å². The second-order valence-corrected chi connectivity index (χ2v) is 6.32. The number of piperidine rings is 1.